The zero-order valence-corrected chi connectivity index (χ0v) is 16.0. The highest BCUT2D eigenvalue weighted by Crippen LogP contribution is 2.36. The Bertz CT molecular complexity index is 1040. The molecule has 0 bridgehead atoms. The van der Waals surface area contributed by atoms with E-state index in [0.717, 1.165) is 22.9 Å². The molecule has 1 aliphatic rings. The van der Waals surface area contributed by atoms with Crippen LogP contribution >= 0.6 is 0 Å². The quantitative estimate of drug-likeness (QED) is 0.709. The number of H-pyrrole nitrogens is 1. The van der Waals surface area contributed by atoms with Gasteiger partial charge in [-0.05, 0) is 43.2 Å². The lowest BCUT2D eigenvalue weighted by atomic mass is 10.1. The largest absolute Gasteiger partial charge is 0.479 e. The zero-order chi connectivity index (χ0) is 19.7. The Morgan fingerprint density at radius 1 is 1.25 bits per heavy atom. The van der Waals surface area contributed by atoms with Crippen LogP contribution in [0.3, 0.4) is 0 Å². The molecule has 144 valence electrons. The lowest BCUT2D eigenvalue weighted by molar-refractivity contribution is -0.125. The van der Waals surface area contributed by atoms with E-state index < -0.39 is 6.10 Å². The summed E-state index contributed by atoms with van der Waals surface area (Å²) in [7, 11) is 0. The number of hydrogen-bond acceptors (Lipinski definition) is 3. The number of aromatic amines is 1. The van der Waals surface area contributed by atoms with Gasteiger partial charge in [-0.3, -0.25) is 9.59 Å². The molecule has 0 saturated heterocycles. The lowest BCUT2D eigenvalue weighted by Gasteiger charge is -2.33. The zero-order valence-electron chi connectivity index (χ0n) is 16.0. The SMILES string of the molecule is CCCN1C(=O)C(C)Oc2ccc(NC(=O)Cc3c[nH]c4ccccc34)cc21. The Kier molecular flexibility index (Phi) is 4.77. The van der Waals surface area contributed by atoms with Crippen molar-refractivity contribution < 1.29 is 14.3 Å². The van der Waals surface area contributed by atoms with Gasteiger partial charge in [-0.25, -0.2) is 0 Å². The van der Waals surface area contributed by atoms with Crippen LogP contribution in [-0.2, 0) is 16.0 Å². The Morgan fingerprint density at radius 3 is 2.89 bits per heavy atom. The van der Waals surface area contributed by atoms with Gasteiger partial charge in [0.1, 0.15) is 5.75 Å². The number of anilines is 2. The van der Waals surface area contributed by atoms with Gasteiger partial charge in [0.15, 0.2) is 6.10 Å². The molecular weight excluding hydrogens is 354 g/mol. The van der Waals surface area contributed by atoms with Crippen molar-refractivity contribution in [2.45, 2.75) is 32.8 Å². The van der Waals surface area contributed by atoms with Crippen molar-refractivity contribution in [3.05, 3.63) is 54.2 Å². The molecule has 1 unspecified atom stereocenters. The summed E-state index contributed by atoms with van der Waals surface area (Å²) >= 11 is 0. The van der Waals surface area contributed by atoms with Crippen molar-refractivity contribution in [1.82, 2.24) is 4.98 Å². The Balaban J connectivity index is 1.54. The highest BCUT2D eigenvalue weighted by molar-refractivity contribution is 6.01. The normalized spacial score (nSPS) is 16.0. The van der Waals surface area contributed by atoms with E-state index in [9.17, 15) is 9.59 Å². The van der Waals surface area contributed by atoms with Crippen molar-refractivity contribution >= 4 is 34.1 Å². The molecule has 2 heterocycles. The predicted octanol–water partition coefficient (Wildman–Crippen LogP) is 3.87. The lowest BCUT2D eigenvalue weighted by Crippen LogP contribution is -2.44. The van der Waals surface area contributed by atoms with Gasteiger partial charge >= 0.3 is 0 Å². The van der Waals surface area contributed by atoms with Gasteiger partial charge < -0.3 is 19.9 Å². The van der Waals surface area contributed by atoms with E-state index in [0.29, 0.717) is 23.7 Å². The van der Waals surface area contributed by atoms with Crippen LogP contribution in [0, 0.1) is 0 Å². The Labute approximate surface area is 163 Å². The fourth-order valence-corrected chi connectivity index (χ4v) is 3.60. The summed E-state index contributed by atoms with van der Waals surface area (Å²) in [5, 5.41) is 3.98. The monoisotopic (exact) mass is 377 g/mol. The average Bonchev–Trinajstić information content (AvgIpc) is 3.09. The molecule has 0 spiro atoms. The third-order valence-corrected chi connectivity index (χ3v) is 4.92. The third-order valence-electron chi connectivity index (χ3n) is 4.92. The molecule has 6 nitrogen and oxygen atoms in total. The summed E-state index contributed by atoms with van der Waals surface area (Å²) in [6, 6.07) is 13.3. The third kappa shape index (κ3) is 3.33. The molecule has 0 saturated carbocycles. The van der Waals surface area contributed by atoms with Crippen molar-refractivity contribution in [1.29, 1.82) is 0 Å². The number of carbonyl (C=O) groups is 2. The molecular formula is C22H23N3O3. The summed E-state index contributed by atoms with van der Waals surface area (Å²) in [5.41, 5.74) is 3.32. The van der Waals surface area contributed by atoms with Crippen LogP contribution in [0.25, 0.3) is 10.9 Å². The van der Waals surface area contributed by atoms with Crippen LogP contribution in [0.1, 0.15) is 25.8 Å². The van der Waals surface area contributed by atoms with Crippen LogP contribution in [0.15, 0.2) is 48.7 Å². The number of amides is 2. The molecule has 3 aromatic rings. The number of rotatable bonds is 5. The van der Waals surface area contributed by atoms with Crippen LogP contribution < -0.4 is 15.0 Å². The van der Waals surface area contributed by atoms with Crippen LogP contribution in [-0.4, -0.2) is 29.4 Å². The molecule has 0 radical (unpaired) electrons. The first-order valence-corrected chi connectivity index (χ1v) is 9.53. The first kappa shape index (κ1) is 18.1. The topological polar surface area (TPSA) is 74.4 Å². The van der Waals surface area contributed by atoms with Crippen molar-refractivity contribution in [2.75, 3.05) is 16.8 Å². The number of hydrogen-bond donors (Lipinski definition) is 2. The first-order valence-electron chi connectivity index (χ1n) is 9.53. The molecule has 1 atom stereocenters. The van der Waals surface area contributed by atoms with Crippen LogP contribution in [0.2, 0.25) is 0 Å². The van der Waals surface area contributed by atoms with E-state index in [4.69, 9.17) is 4.74 Å². The molecule has 0 aliphatic carbocycles. The Morgan fingerprint density at radius 2 is 2.07 bits per heavy atom. The number of nitrogens with one attached hydrogen (secondary N) is 2. The molecule has 1 aromatic heterocycles. The molecule has 28 heavy (non-hydrogen) atoms. The van der Waals surface area contributed by atoms with Crippen LogP contribution in [0.5, 0.6) is 5.75 Å². The maximum Gasteiger partial charge on any atom is 0.267 e. The second kappa shape index (κ2) is 7.38. The van der Waals surface area contributed by atoms with E-state index in [1.54, 1.807) is 17.9 Å². The number of nitrogens with zero attached hydrogens (tertiary/aromatic N) is 1. The van der Waals surface area contributed by atoms with E-state index in [1.807, 2.05) is 49.5 Å². The number of fused-ring (bicyclic) bond motifs is 2. The maximum absolute atomic E-state index is 12.6. The molecule has 0 fully saturated rings. The molecule has 2 N–H and O–H groups in total. The highest BCUT2D eigenvalue weighted by atomic mass is 16.5. The second-order valence-corrected chi connectivity index (χ2v) is 7.02. The minimum atomic E-state index is -0.499. The van der Waals surface area contributed by atoms with E-state index in [1.165, 1.54) is 0 Å². The number of aromatic nitrogens is 1. The standard InChI is InChI=1S/C22H23N3O3/c1-3-10-25-19-12-16(8-9-20(19)28-14(2)22(25)27)24-21(26)11-15-13-23-18-7-5-4-6-17(15)18/h4-9,12-14,23H,3,10-11H2,1-2H3,(H,24,26). The van der Waals surface area contributed by atoms with E-state index >= 15 is 0 Å². The summed E-state index contributed by atoms with van der Waals surface area (Å²) in [5.74, 6) is 0.495. The first-order chi connectivity index (χ1) is 13.6. The summed E-state index contributed by atoms with van der Waals surface area (Å²) in [6.07, 6.45) is 2.48. The average molecular weight is 377 g/mol. The van der Waals surface area contributed by atoms with Gasteiger partial charge in [0.25, 0.3) is 5.91 Å². The van der Waals surface area contributed by atoms with Gasteiger partial charge in [0.05, 0.1) is 12.1 Å². The molecule has 1 aliphatic heterocycles. The summed E-state index contributed by atoms with van der Waals surface area (Å²) in [6.45, 7) is 4.40. The van der Waals surface area contributed by atoms with Gasteiger partial charge in [-0.15, -0.1) is 0 Å². The minimum Gasteiger partial charge on any atom is -0.479 e. The number of carbonyl (C=O) groups excluding carboxylic acids is 2. The van der Waals surface area contributed by atoms with Gasteiger partial charge in [-0.2, -0.15) is 0 Å². The van der Waals surface area contributed by atoms with Crippen molar-refractivity contribution in [3.8, 4) is 5.75 Å². The summed E-state index contributed by atoms with van der Waals surface area (Å²) < 4.78 is 5.71. The summed E-state index contributed by atoms with van der Waals surface area (Å²) in [4.78, 5) is 30.0. The molecule has 6 heteroatoms. The van der Waals surface area contributed by atoms with E-state index in [2.05, 4.69) is 10.3 Å². The Hall–Kier alpha value is -3.28. The van der Waals surface area contributed by atoms with Crippen molar-refractivity contribution in [2.24, 2.45) is 0 Å². The van der Waals surface area contributed by atoms with Gasteiger partial charge in [0, 0.05) is 29.3 Å². The predicted molar refractivity (Wildman–Crippen MR) is 110 cm³/mol. The highest BCUT2D eigenvalue weighted by Gasteiger charge is 2.31. The van der Waals surface area contributed by atoms with Gasteiger partial charge in [-0.1, -0.05) is 25.1 Å². The number of ether oxygens (including phenoxy) is 1. The second-order valence-electron chi connectivity index (χ2n) is 7.02. The molecule has 2 aromatic carbocycles. The maximum atomic E-state index is 12.6. The fraction of sp³-hybridized carbons (Fsp3) is 0.273. The molecule has 2 amide bonds. The van der Waals surface area contributed by atoms with Crippen molar-refractivity contribution in [3.63, 3.8) is 0 Å². The smallest absolute Gasteiger partial charge is 0.267 e. The van der Waals surface area contributed by atoms with Gasteiger partial charge in [0.2, 0.25) is 5.91 Å². The minimum absolute atomic E-state index is 0.0587. The van der Waals surface area contributed by atoms with Crippen LogP contribution in [0.4, 0.5) is 11.4 Å². The molecule has 4 rings (SSSR count). The van der Waals surface area contributed by atoms with E-state index in [-0.39, 0.29) is 18.2 Å². The fourth-order valence-electron chi connectivity index (χ4n) is 3.60. The number of benzene rings is 2. The number of para-hydroxylation sites is 1.